The molecule has 0 aliphatic heterocycles. The second kappa shape index (κ2) is 10.2. The molecule has 2 amide bonds. The van der Waals surface area contributed by atoms with Gasteiger partial charge in [-0.05, 0) is 12.8 Å². The second-order valence-electron chi connectivity index (χ2n) is 3.62. The van der Waals surface area contributed by atoms with Crippen LogP contribution >= 0.6 is 0 Å². The molecule has 0 aromatic carbocycles. The third-order valence-corrected chi connectivity index (χ3v) is 2.05. The van der Waals surface area contributed by atoms with E-state index in [0.717, 1.165) is 25.7 Å². The molecule has 16 heavy (non-hydrogen) atoms. The highest BCUT2D eigenvalue weighted by atomic mass is 16.2. The van der Waals surface area contributed by atoms with Crippen molar-refractivity contribution in [1.29, 1.82) is 0 Å². The number of rotatable bonds is 8. The van der Waals surface area contributed by atoms with Crippen molar-refractivity contribution in [2.75, 3.05) is 13.1 Å². The van der Waals surface area contributed by atoms with Crippen LogP contribution in [0.1, 0.15) is 39.5 Å². The molecule has 0 spiro atoms. The first-order valence-electron chi connectivity index (χ1n) is 5.94. The van der Waals surface area contributed by atoms with Crippen LogP contribution in [-0.2, 0) is 9.59 Å². The van der Waals surface area contributed by atoms with E-state index in [-0.39, 0.29) is 11.8 Å². The molecule has 0 rings (SSSR count). The first-order valence-corrected chi connectivity index (χ1v) is 5.94. The molecule has 2 N–H and O–H groups in total. The van der Waals surface area contributed by atoms with E-state index in [1.54, 1.807) is 0 Å². The van der Waals surface area contributed by atoms with Gasteiger partial charge in [0, 0.05) is 25.2 Å². The minimum absolute atomic E-state index is 0.209. The average molecular weight is 226 g/mol. The summed E-state index contributed by atoms with van der Waals surface area (Å²) in [4.78, 5) is 22.3. The van der Waals surface area contributed by atoms with Gasteiger partial charge < -0.3 is 10.6 Å². The summed E-state index contributed by atoms with van der Waals surface area (Å²) in [7, 11) is 0. The van der Waals surface area contributed by atoms with E-state index in [2.05, 4.69) is 24.5 Å². The fourth-order valence-electron chi connectivity index (χ4n) is 1.05. The van der Waals surface area contributed by atoms with Crippen LogP contribution in [0.2, 0.25) is 0 Å². The Balaban J connectivity index is 3.63. The predicted octanol–water partition coefficient (Wildman–Crippen LogP) is 1.38. The van der Waals surface area contributed by atoms with E-state index in [1.165, 1.54) is 12.2 Å². The maximum Gasteiger partial charge on any atom is 0.244 e. The van der Waals surface area contributed by atoms with E-state index >= 15 is 0 Å². The smallest absolute Gasteiger partial charge is 0.244 e. The summed E-state index contributed by atoms with van der Waals surface area (Å²) in [6, 6.07) is 0. The van der Waals surface area contributed by atoms with Crippen LogP contribution in [0.3, 0.4) is 0 Å². The Morgan fingerprint density at radius 3 is 1.56 bits per heavy atom. The first kappa shape index (κ1) is 14.7. The van der Waals surface area contributed by atoms with Gasteiger partial charge in [-0.3, -0.25) is 9.59 Å². The summed E-state index contributed by atoms with van der Waals surface area (Å²) < 4.78 is 0. The Hall–Kier alpha value is -1.32. The summed E-state index contributed by atoms with van der Waals surface area (Å²) in [5.74, 6) is -0.418. The monoisotopic (exact) mass is 226 g/mol. The fraction of sp³-hybridized carbons (Fsp3) is 0.667. The summed E-state index contributed by atoms with van der Waals surface area (Å²) in [5, 5.41) is 5.40. The van der Waals surface area contributed by atoms with Gasteiger partial charge in [-0.2, -0.15) is 0 Å². The lowest BCUT2D eigenvalue weighted by molar-refractivity contribution is -0.118. The third kappa shape index (κ3) is 9.24. The molecule has 0 fully saturated rings. The average Bonchev–Trinajstić information content (AvgIpc) is 2.27. The molecule has 0 bridgehead atoms. The van der Waals surface area contributed by atoms with Crippen LogP contribution < -0.4 is 10.6 Å². The molecular weight excluding hydrogens is 204 g/mol. The zero-order valence-corrected chi connectivity index (χ0v) is 10.2. The number of carbonyl (C=O) groups excluding carboxylic acids is 2. The second-order valence-corrected chi connectivity index (χ2v) is 3.62. The van der Waals surface area contributed by atoms with E-state index in [0.29, 0.717) is 13.1 Å². The zero-order chi connectivity index (χ0) is 12.2. The highest BCUT2D eigenvalue weighted by Gasteiger charge is 1.97. The Kier molecular flexibility index (Phi) is 9.36. The van der Waals surface area contributed by atoms with Gasteiger partial charge in [-0.1, -0.05) is 26.7 Å². The highest BCUT2D eigenvalue weighted by Crippen LogP contribution is 1.84. The summed E-state index contributed by atoms with van der Waals surface area (Å²) >= 11 is 0. The Bertz CT molecular complexity index is 213. The highest BCUT2D eigenvalue weighted by molar-refractivity contribution is 5.96. The van der Waals surface area contributed by atoms with Crippen molar-refractivity contribution >= 4 is 11.8 Å². The largest absolute Gasteiger partial charge is 0.353 e. The van der Waals surface area contributed by atoms with E-state index in [1.807, 2.05) is 0 Å². The van der Waals surface area contributed by atoms with E-state index in [4.69, 9.17) is 0 Å². The number of hydrogen-bond acceptors (Lipinski definition) is 2. The predicted molar refractivity (Wildman–Crippen MR) is 65.0 cm³/mol. The number of unbranched alkanes of at least 4 members (excludes halogenated alkanes) is 2. The van der Waals surface area contributed by atoms with Crippen LogP contribution in [0.5, 0.6) is 0 Å². The molecule has 0 aromatic heterocycles. The minimum atomic E-state index is -0.209. The molecule has 0 heterocycles. The molecule has 0 atom stereocenters. The van der Waals surface area contributed by atoms with Crippen molar-refractivity contribution in [3.05, 3.63) is 12.2 Å². The molecule has 0 unspecified atom stereocenters. The molecule has 0 saturated carbocycles. The molecule has 0 saturated heterocycles. The van der Waals surface area contributed by atoms with Crippen LogP contribution in [0.4, 0.5) is 0 Å². The number of hydrogen-bond donors (Lipinski definition) is 2. The Morgan fingerprint density at radius 1 is 0.875 bits per heavy atom. The molecular formula is C12H22N2O2. The molecule has 0 aliphatic rings. The Labute approximate surface area is 97.5 Å². The minimum Gasteiger partial charge on any atom is -0.353 e. The number of amides is 2. The van der Waals surface area contributed by atoms with Crippen molar-refractivity contribution in [2.45, 2.75) is 39.5 Å². The van der Waals surface area contributed by atoms with Gasteiger partial charge in [-0.15, -0.1) is 0 Å². The number of nitrogens with one attached hydrogen (secondary N) is 2. The van der Waals surface area contributed by atoms with Gasteiger partial charge in [-0.25, -0.2) is 0 Å². The number of carbonyl (C=O) groups is 2. The molecule has 0 radical (unpaired) electrons. The van der Waals surface area contributed by atoms with Crippen LogP contribution in [0.25, 0.3) is 0 Å². The van der Waals surface area contributed by atoms with Crippen molar-refractivity contribution < 1.29 is 9.59 Å². The molecule has 4 heteroatoms. The maximum absolute atomic E-state index is 11.2. The molecule has 92 valence electrons. The van der Waals surface area contributed by atoms with Crippen LogP contribution in [0, 0.1) is 0 Å². The normalized spacial score (nSPS) is 10.4. The lowest BCUT2D eigenvalue weighted by Gasteiger charge is -2.00. The standard InChI is InChI=1S/C12H22N2O2/c1-3-5-9-13-11(15)7-8-12(16)14-10-6-4-2/h7-8H,3-6,9-10H2,1-2H3,(H,13,15)(H,14,16)/b8-7+. The lowest BCUT2D eigenvalue weighted by Crippen LogP contribution is -2.25. The van der Waals surface area contributed by atoms with Gasteiger partial charge >= 0.3 is 0 Å². The van der Waals surface area contributed by atoms with E-state index in [9.17, 15) is 9.59 Å². The SMILES string of the molecule is CCCCNC(=O)/C=C/C(=O)NCCCC. The lowest BCUT2D eigenvalue weighted by atomic mass is 10.3. The van der Waals surface area contributed by atoms with E-state index < -0.39 is 0 Å². The van der Waals surface area contributed by atoms with Gasteiger partial charge in [0.05, 0.1) is 0 Å². The molecule has 0 aromatic rings. The first-order chi connectivity index (χ1) is 7.70. The third-order valence-electron chi connectivity index (χ3n) is 2.05. The fourth-order valence-corrected chi connectivity index (χ4v) is 1.05. The molecule has 0 aliphatic carbocycles. The van der Waals surface area contributed by atoms with Crippen molar-refractivity contribution in [1.82, 2.24) is 10.6 Å². The van der Waals surface area contributed by atoms with Crippen molar-refractivity contribution in [2.24, 2.45) is 0 Å². The Morgan fingerprint density at radius 2 is 1.25 bits per heavy atom. The summed E-state index contributed by atoms with van der Waals surface area (Å²) in [6.45, 7) is 5.45. The van der Waals surface area contributed by atoms with Crippen molar-refractivity contribution in [3.8, 4) is 0 Å². The van der Waals surface area contributed by atoms with Crippen LogP contribution in [0.15, 0.2) is 12.2 Å². The molecule has 4 nitrogen and oxygen atoms in total. The summed E-state index contributed by atoms with van der Waals surface area (Å²) in [5.41, 5.74) is 0. The quantitative estimate of drug-likeness (QED) is 0.485. The van der Waals surface area contributed by atoms with Crippen molar-refractivity contribution in [3.63, 3.8) is 0 Å². The topological polar surface area (TPSA) is 58.2 Å². The summed E-state index contributed by atoms with van der Waals surface area (Å²) in [6.07, 6.45) is 6.56. The van der Waals surface area contributed by atoms with Gasteiger partial charge in [0.25, 0.3) is 0 Å². The zero-order valence-electron chi connectivity index (χ0n) is 10.2. The van der Waals surface area contributed by atoms with Gasteiger partial charge in [0.15, 0.2) is 0 Å². The van der Waals surface area contributed by atoms with Gasteiger partial charge in [0.2, 0.25) is 11.8 Å². The van der Waals surface area contributed by atoms with Gasteiger partial charge in [0.1, 0.15) is 0 Å². The van der Waals surface area contributed by atoms with Crippen LogP contribution in [-0.4, -0.2) is 24.9 Å². The maximum atomic E-state index is 11.2.